The van der Waals surface area contributed by atoms with Crippen LogP contribution in [0.1, 0.15) is 17.8 Å². The van der Waals surface area contributed by atoms with Crippen molar-refractivity contribution >= 4 is 54.3 Å². The summed E-state index contributed by atoms with van der Waals surface area (Å²) in [5.74, 6) is 0. The third-order valence-corrected chi connectivity index (χ3v) is 9.06. The molecule has 0 radical (unpaired) electrons. The Balaban J connectivity index is 1.36. The van der Waals surface area contributed by atoms with Gasteiger partial charge in [-0.05, 0) is 119 Å². The molecule has 10 aromatic rings. The summed E-state index contributed by atoms with van der Waals surface area (Å²) in [5.41, 5.74) is 1.50. The number of rotatable bonds is 4. The van der Waals surface area contributed by atoms with Gasteiger partial charge < -0.3 is 4.42 Å². The molecule has 1 heterocycles. The molecule has 0 saturated heterocycles. The molecule has 1 heteroatoms. The Morgan fingerprint density at radius 1 is 0.347 bits per heavy atom. The molecule has 0 unspecified atom stereocenters. The zero-order valence-corrected chi connectivity index (χ0v) is 25.7. The first-order chi connectivity index (χ1) is 29.7. The molecule has 0 fully saturated rings. The van der Waals surface area contributed by atoms with E-state index in [4.69, 9.17) is 18.1 Å². The molecular weight excluding hydrogens is 593 g/mol. The zero-order chi connectivity index (χ0) is 43.6. The van der Waals surface area contributed by atoms with E-state index in [0.29, 0.717) is 21.9 Å². The van der Waals surface area contributed by atoms with Gasteiger partial charge in [-0.3, -0.25) is 0 Å². The Hall–Kier alpha value is -6.44. The van der Waals surface area contributed by atoms with Crippen LogP contribution in [0.5, 0.6) is 0 Å². The third kappa shape index (κ3) is 4.55. The molecule has 0 aliphatic heterocycles. The van der Waals surface area contributed by atoms with Gasteiger partial charge in [0.25, 0.3) is 0 Å². The topological polar surface area (TPSA) is 13.1 Å². The Labute approximate surface area is 302 Å². The number of furan rings is 1. The van der Waals surface area contributed by atoms with Crippen molar-refractivity contribution in [1.82, 2.24) is 0 Å². The third-order valence-electron chi connectivity index (χ3n) is 9.06. The van der Waals surface area contributed by atoms with Gasteiger partial charge in [0.1, 0.15) is 11.2 Å². The monoisotopic (exact) mass is 635 g/mol. The summed E-state index contributed by atoms with van der Waals surface area (Å²) in [4.78, 5) is 0. The lowest BCUT2D eigenvalue weighted by atomic mass is 9.84. The van der Waals surface area contributed by atoms with Crippen LogP contribution in [0, 0.1) is 0 Å². The molecule has 10 rings (SSSR count). The van der Waals surface area contributed by atoms with E-state index in [1.807, 2.05) is 72.8 Å². The second kappa shape index (κ2) is 11.1. The number of fused-ring (bicyclic) bond motifs is 6. The van der Waals surface area contributed by atoms with E-state index in [1.54, 1.807) is 12.1 Å². The molecule has 0 N–H and O–H groups in total. The van der Waals surface area contributed by atoms with E-state index < -0.39 is 101 Å². The van der Waals surface area contributed by atoms with Crippen LogP contribution in [0.2, 0.25) is 0 Å². The molecule has 0 bridgehead atoms. The average Bonchev–Trinajstić information content (AvgIpc) is 3.63. The summed E-state index contributed by atoms with van der Waals surface area (Å²) in [5, 5.41) is 6.56. The van der Waals surface area contributed by atoms with Crippen molar-refractivity contribution in [1.29, 1.82) is 0 Å². The van der Waals surface area contributed by atoms with Crippen molar-refractivity contribution in [3.8, 4) is 44.5 Å². The first kappa shape index (κ1) is 17.6. The van der Waals surface area contributed by atoms with Crippen molar-refractivity contribution in [3.05, 3.63) is 182 Å². The van der Waals surface area contributed by atoms with Crippen LogP contribution in [-0.4, -0.2) is 0 Å². The van der Waals surface area contributed by atoms with Crippen LogP contribution >= 0.6 is 0 Å². The van der Waals surface area contributed by atoms with Crippen molar-refractivity contribution in [2.45, 2.75) is 0 Å². The van der Waals surface area contributed by atoms with Crippen molar-refractivity contribution in [2.24, 2.45) is 0 Å². The minimum Gasteiger partial charge on any atom is -0.456 e. The largest absolute Gasteiger partial charge is 0.456 e. The number of hydrogen-bond acceptors (Lipinski definition) is 1. The van der Waals surface area contributed by atoms with Crippen LogP contribution in [0.15, 0.2) is 186 Å². The fourth-order valence-electron chi connectivity index (χ4n) is 6.92. The van der Waals surface area contributed by atoms with E-state index in [-0.39, 0.29) is 5.56 Å². The summed E-state index contributed by atoms with van der Waals surface area (Å²) in [6.45, 7) is 0. The Morgan fingerprint density at radius 3 is 1.39 bits per heavy atom. The van der Waals surface area contributed by atoms with Crippen LogP contribution in [-0.2, 0) is 0 Å². The minimum atomic E-state index is -0.712. The van der Waals surface area contributed by atoms with E-state index in [2.05, 4.69) is 18.2 Å². The highest BCUT2D eigenvalue weighted by Crippen LogP contribution is 2.46. The predicted octanol–water partition coefficient (Wildman–Crippen LogP) is 13.7. The van der Waals surface area contributed by atoms with Gasteiger partial charge in [-0.2, -0.15) is 0 Å². The molecule has 0 atom stereocenters. The lowest BCUT2D eigenvalue weighted by Crippen LogP contribution is -1.92. The SMILES string of the molecule is [2H]c1c([2H])c([2H])c(-c2c([2H])c(-c3c([2H])c([2H])c([2H])c([2H])c3[2H])c([2H])c(-c3c4ccccc4c(-c4ccc5oc6cc7ccccc7cc6c5c4)c4ccccc34)c2[2H])c([2H])c1[2H]. The molecule has 0 saturated carbocycles. The van der Waals surface area contributed by atoms with Gasteiger partial charge in [0.15, 0.2) is 0 Å². The Morgan fingerprint density at radius 2 is 0.816 bits per heavy atom. The summed E-state index contributed by atoms with van der Waals surface area (Å²) in [6, 6.07) is 24.3. The van der Waals surface area contributed by atoms with E-state index >= 15 is 0 Å². The van der Waals surface area contributed by atoms with E-state index in [1.165, 1.54) is 0 Å². The highest BCUT2D eigenvalue weighted by Gasteiger charge is 2.19. The van der Waals surface area contributed by atoms with Crippen molar-refractivity contribution in [3.63, 3.8) is 0 Å². The van der Waals surface area contributed by atoms with Gasteiger partial charge in [0.2, 0.25) is 0 Å². The smallest absolute Gasteiger partial charge is 0.136 e. The molecule has 1 aromatic heterocycles. The first-order valence-corrected chi connectivity index (χ1v) is 15.8. The van der Waals surface area contributed by atoms with Gasteiger partial charge in [-0.15, -0.1) is 0 Å². The molecule has 49 heavy (non-hydrogen) atoms. The van der Waals surface area contributed by atoms with Gasteiger partial charge in [-0.1, -0.05) is 139 Å². The summed E-state index contributed by atoms with van der Waals surface area (Å²) >= 11 is 0. The molecule has 9 aromatic carbocycles. The Kier molecular flexibility index (Phi) is 3.99. The quantitative estimate of drug-likeness (QED) is 0.175. The highest BCUT2D eigenvalue weighted by molar-refractivity contribution is 6.22. The summed E-state index contributed by atoms with van der Waals surface area (Å²) in [6.07, 6.45) is 0. The standard InChI is InChI=1S/C48H30O/c1-3-13-31(14-4-1)36-25-37(32-15-5-2-6-16-32)27-38(26-36)48-41-21-11-9-19-39(41)47(40-20-10-12-22-42(40)48)35-23-24-45-43(29-35)44-28-33-17-7-8-18-34(33)30-46(44)49-45/h1-30H/i1D,2D,3D,4D,5D,6D,13D,14D,15D,16D,25D,26D,27D. The zero-order valence-electron chi connectivity index (χ0n) is 38.7. The first-order valence-electron chi connectivity index (χ1n) is 22.3. The lowest BCUT2D eigenvalue weighted by molar-refractivity contribution is 0.669. The minimum absolute atomic E-state index is 0.119. The molecule has 0 spiro atoms. The predicted molar refractivity (Wildman–Crippen MR) is 208 cm³/mol. The van der Waals surface area contributed by atoms with Gasteiger partial charge in [0, 0.05) is 10.8 Å². The van der Waals surface area contributed by atoms with E-state index in [9.17, 15) is 4.11 Å². The lowest BCUT2D eigenvalue weighted by Gasteiger charge is -2.19. The van der Waals surface area contributed by atoms with Gasteiger partial charge in [0.05, 0.1) is 17.8 Å². The van der Waals surface area contributed by atoms with Crippen molar-refractivity contribution in [2.75, 3.05) is 0 Å². The van der Waals surface area contributed by atoms with Crippen LogP contribution in [0.4, 0.5) is 0 Å². The maximum atomic E-state index is 9.87. The molecule has 0 aliphatic carbocycles. The molecule has 0 amide bonds. The Bertz CT molecular complexity index is 3420. The van der Waals surface area contributed by atoms with Crippen LogP contribution in [0.3, 0.4) is 0 Å². The number of hydrogen-bond donors (Lipinski definition) is 0. The normalized spacial score (nSPS) is 15.4. The van der Waals surface area contributed by atoms with Gasteiger partial charge in [-0.25, -0.2) is 0 Å². The second-order valence-corrected chi connectivity index (χ2v) is 11.8. The van der Waals surface area contributed by atoms with Gasteiger partial charge >= 0.3 is 0 Å². The molecular formula is C48H30O. The fourth-order valence-corrected chi connectivity index (χ4v) is 6.92. The van der Waals surface area contributed by atoms with E-state index in [0.717, 1.165) is 49.0 Å². The maximum Gasteiger partial charge on any atom is 0.136 e. The average molecular weight is 636 g/mol. The molecule has 228 valence electrons. The van der Waals surface area contributed by atoms with Crippen molar-refractivity contribution < 1.29 is 22.2 Å². The summed E-state index contributed by atoms with van der Waals surface area (Å²) in [7, 11) is 0. The van der Waals surface area contributed by atoms with Crippen LogP contribution < -0.4 is 0 Å². The van der Waals surface area contributed by atoms with Crippen LogP contribution in [0.25, 0.3) is 98.8 Å². The number of benzene rings is 9. The molecule has 0 aliphatic rings. The highest BCUT2D eigenvalue weighted by atomic mass is 16.3. The fraction of sp³-hybridized carbons (Fsp3) is 0. The maximum absolute atomic E-state index is 9.87. The summed E-state index contributed by atoms with van der Waals surface area (Å²) < 4.78 is 122. The molecule has 1 nitrogen and oxygen atoms in total. The second-order valence-electron chi connectivity index (χ2n) is 11.8.